The SMILES string of the molecule is C[S+](CCCc1ccccc1)CC(O)(P(=O)(O)O)P(=O)(O)O. The van der Waals surface area contributed by atoms with E-state index >= 15 is 0 Å². The molecule has 1 atom stereocenters. The minimum absolute atomic E-state index is 0.511. The number of hydrogen-bond donors (Lipinski definition) is 5. The largest absolute Gasteiger partial charge is 0.374 e. The van der Waals surface area contributed by atoms with Gasteiger partial charge >= 0.3 is 20.3 Å². The number of hydrogen-bond acceptors (Lipinski definition) is 3. The van der Waals surface area contributed by atoms with Crippen LogP contribution in [0.1, 0.15) is 12.0 Å². The predicted molar refractivity (Wildman–Crippen MR) is 86.8 cm³/mol. The van der Waals surface area contributed by atoms with Crippen molar-refractivity contribution in [2.75, 3.05) is 17.8 Å². The molecule has 0 aliphatic heterocycles. The van der Waals surface area contributed by atoms with Crippen LogP contribution in [0.3, 0.4) is 0 Å². The van der Waals surface area contributed by atoms with E-state index in [1.807, 2.05) is 30.3 Å². The van der Waals surface area contributed by atoms with E-state index in [0.717, 1.165) is 12.0 Å². The summed E-state index contributed by atoms with van der Waals surface area (Å²) in [5.41, 5.74) is 1.11. The highest BCUT2D eigenvalue weighted by atomic mass is 32.2. The van der Waals surface area contributed by atoms with Crippen molar-refractivity contribution < 1.29 is 33.8 Å². The molecule has 0 bridgehead atoms. The van der Waals surface area contributed by atoms with Crippen molar-refractivity contribution >= 4 is 26.1 Å². The van der Waals surface area contributed by atoms with Crippen LogP contribution in [0.15, 0.2) is 30.3 Å². The molecule has 7 nitrogen and oxygen atoms in total. The highest BCUT2D eigenvalue weighted by Gasteiger charge is 2.62. The van der Waals surface area contributed by atoms with Crippen molar-refractivity contribution in [3.05, 3.63) is 35.9 Å². The molecule has 0 amide bonds. The molecular formula is C12H21O7P2S+. The Bertz CT molecular complexity index is 546. The summed E-state index contributed by atoms with van der Waals surface area (Å²) in [6.07, 6.45) is 3.08. The van der Waals surface area contributed by atoms with Gasteiger partial charge in [-0.25, -0.2) is 0 Å². The van der Waals surface area contributed by atoms with Gasteiger partial charge in [-0.15, -0.1) is 0 Å². The molecule has 0 heterocycles. The molecule has 22 heavy (non-hydrogen) atoms. The minimum Gasteiger partial charge on any atom is -0.364 e. The third-order valence-corrected chi connectivity index (χ3v) is 9.24. The zero-order valence-electron chi connectivity index (χ0n) is 12.1. The summed E-state index contributed by atoms with van der Waals surface area (Å²) in [4.78, 5) is 36.4. The topological polar surface area (TPSA) is 135 Å². The third-order valence-electron chi connectivity index (χ3n) is 3.17. The Balaban J connectivity index is 2.64. The number of aryl methyl sites for hydroxylation is 1. The summed E-state index contributed by atoms with van der Waals surface area (Å²) in [6, 6.07) is 9.61. The van der Waals surface area contributed by atoms with E-state index in [9.17, 15) is 14.2 Å². The molecule has 1 aromatic rings. The van der Waals surface area contributed by atoms with Crippen molar-refractivity contribution in [2.24, 2.45) is 0 Å². The van der Waals surface area contributed by atoms with Crippen LogP contribution >= 0.6 is 15.2 Å². The molecular weight excluding hydrogens is 350 g/mol. The smallest absolute Gasteiger partial charge is 0.364 e. The van der Waals surface area contributed by atoms with E-state index in [-0.39, 0.29) is 0 Å². The van der Waals surface area contributed by atoms with Crippen LogP contribution in [-0.2, 0) is 26.4 Å². The molecule has 126 valence electrons. The lowest BCUT2D eigenvalue weighted by molar-refractivity contribution is 0.149. The molecule has 0 saturated carbocycles. The molecule has 10 heteroatoms. The number of aliphatic hydroxyl groups is 1. The van der Waals surface area contributed by atoms with E-state index in [1.165, 1.54) is 0 Å². The molecule has 5 N–H and O–H groups in total. The molecule has 1 unspecified atom stereocenters. The van der Waals surface area contributed by atoms with Gasteiger partial charge in [0.25, 0.3) is 0 Å². The summed E-state index contributed by atoms with van der Waals surface area (Å²) < 4.78 is 22.6. The van der Waals surface area contributed by atoms with Gasteiger partial charge in [0, 0.05) is 0 Å². The second-order valence-electron chi connectivity index (χ2n) is 5.08. The third kappa shape index (κ3) is 5.18. The monoisotopic (exact) mass is 371 g/mol. The van der Waals surface area contributed by atoms with E-state index in [0.29, 0.717) is 12.2 Å². The zero-order chi connectivity index (χ0) is 17.0. The van der Waals surface area contributed by atoms with Crippen LogP contribution in [0.5, 0.6) is 0 Å². The first-order valence-electron chi connectivity index (χ1n) is 6.44. The second-order valence-corrected chi connectivity index (χ2v) is 11.3. The van der Waals surface area contributed by atoms with E-state index in [4.69, 9.17) is 19.6 Å². The highest BCUT2D eigenvalue weighted by molar-refractivity contribution is 7.97. The summed E-state index contributed by atoms with van der Waals surface area (Å²) in [5.74, 6) is -0.118. The number of benzene rings is 1. The summed E-state index contributed by atoms with van der Waals surface area (Å²) in [5, 5.41) is 6.55. The van der Waals surface area contributed by atoms with Crippen molar-refractivity contribution in [3.8, 4) is 0 Å². The lowest BCUT2D eigenvalue weighted by Crippen LogP contribution is -2.37. The summed E-state index contributed by atoms with van der Waals surface area (Å²) in [7, 11) is -11.4. The van der Waals surface area contributed by atoms with Crippen LogP contribution in [0.2, 0.25) is 0 Å². The lowest BCUT2D eigenvalue weighted by atomic mass is 10.1. The van der Waals surface area contributed by atoms with Crippen LogP contribution in [-0.4, -0.2) is 47.5 Å². The highest BCUT2D eigenvalue weighted by Crippen LogP contribution is 2.67. The van der Waals surface area contributed by atoms with E-state index in [2.05, 4.69) is 0 Å². The minimum atomic E-state index is -5.35. The van der Waals surface area contributed by atoms with E-state index in [1.54, 1.807) is 6.26 Å². The average molecular weight is 371 g/mol. The molecule has 0 spiro atoms. The fourth-order valence-electron chi connectivity index (χ4n) is 1.91. The van der Waals surface area contributed by atoms with Crippen LogP contribution < -0.4 is 0 Å². The maximum absolute atomic E-state index is 11.3. The fourth-order valence-corrected chi connectivity index (χ4v) is 7.38. The van der Waals surface area contributed by atoms with Gasteiger partial charge < -0.3 is 24.7 Å². The van der Waals surface area contributed by atoms with Crippen LogP contribution in [0.4, 0.5) is 0 Å². The molecule has 0 aromatic heterocycles. The Morgan fingerprint density at radius 3 is 2.00 bits per heavy atom. The van der Waals surface area contributed by atoms with Crippen LogP contribution in [0, 0.1) is 0 Å². The first kappa shape index (κ1) is 19.9. The molecule has 1 aromatic carbocycles. The Labute approximate surface area is 132 Å². The first-order chi connectivity index (χ1) is 9.97. The summed E-state index contributed by atoms with van der Waals surface area (Å²) in [6.45, 7) is 0. The standard InChI is InChI=1S/C12H20O7P2S/c1-22(9-5-8-11-6-3-2-4-7-11)10-12(13,20(14,15)16)21(17,18)19/h2-4,6-7,13H,5,8-10H2,1H3,(H3-,14,15,16,17,18,19)/p+1. The Hall–Kier alpha value is -0.170. The Morgan fingerprint density at radius 2 is 1.55 bits per heavy atom. The Morgan fingerprint density at radius 1 is 1.05 bits per heavy atom. The van der Waals surface area contributed by atoms with E-state index < -0.39 is 36.9 Å². The molecule has 0 radical (unpaired) electrons. The number of rotatable bonds is 8. The summed E-state index contributed by atoms with van der Waals surface area (Å²) >= 11 is 0. The normalized spacial score (nSPS) is 14.8. The zero-order valence-corrected chi connectivity index (χ0v) is 14.7. The van der Waals surface area contributed by atoms with Gasteiger partial charge in [0.15, 0.2) is 5.75 Å². The van der Waals surface area contributed by atoms with Gasteiger partial charge in [-0.3, -0.25) is 9.13 Å². The van der Waals surface area contributed by atoms with Crippen LogP contribution in [0.25, 0.3) is 0 Å². The molecule has 0 aliphatic rings. The maximum Gasteiger partial charge on any atom is 0.374 e. The average Bonchev–Trinajstić information content (AvgIpc) is 2.37. The molecule has 1 rings (SSSR count). The van der Waals surface area contributed by atoms with Crippen molar-refractivity contribution in [2.45, 2.75) is 17.9 Å². The quantitative estimate of drug-likeness (QED) is 0.338. The molecule has 0 fully saturated rings. The first-order valence-corrected chi connectivity index (χ1v) is 11.6. The van der Waals surface area contributed by atoms with Gasteiger partial charge in [0.2, 0.25) is 0 Å². The molecule has 0 saturated heterocycles. The Kier molecular flexibility index (Phi) is 6.87. The van der Waals surface area contributed by atoms with Gasteiger partial charge in [-0.2, -0.15) is 0 Å². The van der Waals surface area contributed by atoms with Gasteiger partial charge in [0.05, 0.1) is 6.26 Å². The fraction of sp³-hybridized carbons (Fsp3) is 0.500. The van der Waals surface area contributed by atoms with Gasteiger partial charge in [-0.1, -0.05) is 30.3 Å². The van der Waals surface area contributed by atoms with Gasteiger partial charge in [-0.05, 0) is 29.3 Å². The van der Waals surface area contributed by atoms with Crippen molar-refractivity contribution in [1.29, 1.82) is 0 Å². The lowest BCUT2D eigenvalue weighted by Gasteiger charge is -2.27. The van der Waals surface area contributed by atoms with Crippen molar-refractivity contribution in [3.63, 3.8) is 0 Å². The predicted octanol–water partition coefficient (Wildman–Crippen LogP) is 0.869. The van der Waals surface area contributed by atoms with Crippen molar-refractivity contribution in [1.82, 2.24) is 0 Å². The van der Waals surface area contributed by atoms with Gasteiger partial charge in [0.1, 0.15) is 5.75 Å². The second kappa shape index (κ2) is 7.60. The molecule has 0 aliphatic carbocycles. The maximum atomic E-state index is 11.3.